The topological polar surface area (TPSA) is 89.3 Å². The highest BCUT2D eigenvalue weighted by Crippen LogP contribution is 2.19. The first kappa shape index (κ1) is 16.2. The molecule has 0 saturated heterocycles. The smallest absolute Gasteiger partial charge is 0.255 e. The molecule has 0 fully saturated rings. The van der Waals surface area contributed by atoms with Crippen LogP contribution < -0.4 is 10.5 Å². The number of nitrogens with two attached hydrogens (primary N) is 1. The number of carbonyl (C=O) groups is 1. The van der Waals surface area contributed by atoms with Crippen LogP contribution in [0.5, 0.6) is 0 Å². The van der Waals surface area contributed by atoms with Gasteiger partial charge in [0.15, 0.2) is 0 Å². The van der Waals surface area contributed by atoms with Gasteiger partial charge < -0.3 is 5.32 Å². The van der Waals surface area contributed by atoms with Crippen molar-refractivity contribution in [1.82, 2.24) is 0 Å². The van der Waals surface area contributed by atoms with Gasteiger partial charge in [0.25, 0.3) is 5.91 Å². The number of rotatable bonds is 4. The maximum Gasteiger partial charge on any atom is 0.255 e. The molecule has 0 atom stereocenters. The summed E-state index contributed by atoms with van der Waals surface area (Å²) in [6.45, 7) is 3.71. The van der Waals surface area contributed by atoms with E-state index in [1.54, 1.807) is 13.0 Å². The molecule has 0 heterocycles. The molecule has 5 nitrogen and oxygen atoms in total. The second-order valence-corrected chi connectivity index (χ2v) is 6.61. The van der Waals surface area contributed by atoms with Crippen LogP contribution in [0, 0.1) is 6.92 Å². The molecule has 0 aliphatic rings. The molecule has 0 bridgehead atoms. The Morgan fingerprint density at radius 3 is 2.50 bits per heavy atom. The van der Waals surface area contributed by atoms with Gasteiger partial charge in [-0.25, -0.2) is 13.6 Å². The van der Waals surface area contributed by atoms with Crippen molar-refractivity contribution in [2.45, 2.75) is 25.2 Å². The lowest BCUT2D eigenvalue weighted by molar-refractivity contribution is 0.102. The molecule has 2 rings (SSSR count). The largest absolute Gasteiger partial charge is 0.322 e. The fraction of sp³-hybridized carbons (Fsp3) is 0.188. The van der Waals surface area contributed by atoms with Crippen molar-refractivity contribution in [2.75, 3.05) is 5.32 Å². The van der Waals surface area contributed by atoms with E-state index in [0.29, 0.717) is 11.3 Å². The molecular formula is C16H18N2O3S. The first-order chi connectivity index (χ1) is 10.3. The normalized spacial score (nSPS) is 11.2. The van der Waals surface area contributed by atoms with E-state index in [2.05, 4.69) is 5.32 Å². The maximum atomic E-state index is 12.4. The van der Waals surface area contributed by atoms with E-state index < -0.39 is 10.0 Å². The highest BCUT2D eigenvalue weighted by Gasteiger charge is 2.14. The monoisotopic (exact) mass is 318 g/mol. The van der Waals surface area contributed by atoms with Gasteiger partial charge >= 0.3 is 0 Å². The first-order valence-corrected chi connectivity index (χ1v) is 8.39. The molecule has 3 N–H and O–H groups in total. The van der Waals surface area contributed by atoms with Crippen LogP contribution in [-0.4, -0.2) is 14.3 Å². The average Bonchev–Trinajstić information content (AvgIpc) is 2.46. The molecule has 0 spiro atoms. The van der Waals surface area contributed by atoms with E-state index in [4.69, 9.17) is 5.14 Å². The minimum absolute atomic E-state index is 0.0681. The number of nitrogens with one attached hydrogen (secondary N) is 1. The van der Waals surface area contributed by atoms with Gasteiger partial charge in [0.05, 0.1) is 4.90 Å². The van der Waals surface area contributed by atoms with E-state index in [9.17, 15) is 13.2 Å². The number of amides is 1. The van der Waals surface area contributed by atoms with Gasteiger partial charge in [0.1, 0.15) is 0 Å². The van der Waals surface area contributed by atoms with Crippen molar-refractivity contribution in [3.8, 4) is 0 Å². The second kappa shape index (κ2) is 6.29. The van der Waals surface area contributed by atoms with Gasteiger partial charge in [0.2, 0.25) is 10.0 Å². The number of benzene rings is 2. The quantitative estimate of drug-likeness (QED) is 0.907. The SMILES string of the molecule is CCc1ccccc1NC(=O)c1cc(C)cc(S(N)(=O)=O)c1. The summed E-state index contributed by atoms with van der Waals surface area (Å²) in [6.07, 6.45) is 0.784. The van der Waals surface area contributed by atoms with Crippen molar-refractivity contribution in [3.05, 3.63) is 59.2 Å². The summed E-state index contributed by atoms with van der Waals surface area (Å²) in [6, 6.07) is 11.8. The number of primary sulfonamides is 1. The maximum absolute atomic E-state index is 12.4. The highest BCUT2D eigenvalue weighted by atomic mass is 32.2. The summed E-state index contributed by atoms with van der Waals surface area (Å²) < 4.78 is 22.9. The standard InChI is InChI=1S/C16H18N2O3S/c1-3-12-6-4-5-7-15(12)18-16(19)13-8-11(2)9-14(10-13)22(17,20)21/h4-10H,3H2,1-2H3,(H,18,19)(H2,17,20,21). The van der Waals surface area contributed by atoms with Gasteiger partial charge in [-0.1, -0.05) is 25.1 Å². The molecule has 116 valence electrons. The van der Waals surface area contributed by atoms with Crippen molar-refractivity contribution >= 4 is 21.6 Å². The number of para-hydroxylation sites is 1. The number of hydrogen-bond acceptors (Lipinski definition) is 3. The van der Waals surface area contributed by atoms with Crippen LogP contribution in [0.3, 0.4) is 0 Å². The van der Waals surface area contributed by atoms with Gasteiger partial charge in [0, 0.05) is 11.3 Å². The van der Waals surface area contributed by atoms with Crippen LogP contribution in [0.25, 0.3) is 0 Å². The number of hydrogen-bond donors (Lipinski definition) is 2. The first-order valence-electron chi connectivity index (χ1n) is 6.85. The predicted molar refractivity (Wildman–Crippen MR) is 86.3 cm³/mol. The molecular weight excluding hydrogens is 300 g/mol. The number of carbonyl (C=O) groups excluding carboxylic acids is 1. The van der Waals surface area contributed by atoms with Crippen LogP contribution in [0.2, 0.25) is 0 Å². The molecule has 2 aromatic carbocycles. The third-order valence-corrected chi connectivity index (χ3v) is 4.18. The fourth-order valence-electron chi connectivity index (χ4n) is 2.19. The average molecular weight is 318 g/mol. The summed E-state index contributed by atoms with van der Waals surface area (Å²) >= 11 is 0. The third-order valence-electron chi connectivity index (χ3n) is 3.29. The Balaban J connectivity index is 2.36. The highest BCUT2D eigenvalue weighted by molar-refractivity contribution is 7.89. The zero-order chi connectivity index (χ0) is 16.3. The lowest BCUT2D eigenvalue weighted by Crippen LogP contribution is -2.16. The fourth-order valence-corrected chi connectivity index (χ4v) is 2.83. The predicted octanol–water partition coefficient (Wildman–Crippen LogP) is 2.46. The van der Waals surface area contributed by atoms with E-state index in [1.807, 2.05) is 31.2 Å². The molecule has 0 saturated carbocycles. The van der Waals surface area contributed by atoms with Gasteiger partial charge in [-0.2, -0.15) is 0 Å². The minimum Gasteiger partial charge on any atom is -0.322 e. The Hall–Kier alpha value is -2.18. The van der Waals surface area contributed by atoms with Gasteiger partial charge in [-0.3, -0.25) is 4.79 Å². The van der Waals surface area contributed by atoms with Crippen molar-refractivity contribution in [2.24, 2.45) is 5.14 Å². The van der Waals surface area contributed by atoms with E-state index in [1.165, 1.54) is 12.1 Å². The molecule has 0 aromatic heterocycles. The van der Waals surface area contributed by atoms with E-state index >= 15 is 0 Å². The van der Waals surface area contributed by atoms with Crippen LogP contribution in [0.1, 0.15) is 28.4 Å². The van der Waals surface area contributed by atoms with E-state index in [0.717, 1.165) is 12.0 Å². The lowest BCUT2D eigenvalue weighted by atomic mass is 10.1. The van der Waals surface area contributed by atoms with Crippen molar-refractivity contribution < 1.29 is 13.2 Å². The Labute approximate surface area is 130 Å². The van der Waals surface area contributed by atoms with Crippen LogP contribution in [0.15, 0.2) is 47.4 Å². The molecule has 0 unspecified atom stereocenters. The third kappa shape index (κ3) is 3.72. The van der Waals surface area contributed by atoms with Gasteiger partial charge in [-0.05, 0) is 48.7 Å². The molecule has 2 aromatic rings. The molecule has 0 aliphatic heterocycles. The number of aryl methyl sites for hydroxylation is 2. The zero-order valence-corrected chi connectivity index (χ0v) is 13.3. The Morgan fingerprint density at radius 2 is 1.86 bits per heavy atom. The van der Waals surface area contributed by atoms with Crippen LogP contribution in [0.4, 0.5) is 5.69 Å². The lowest BCUT2D eigenvalue weighted by Gasteiger charge is -2.11. The molecule has 6 heteroatoms. The minimum atomic E-state index is -3.85. The summed E-state index contributed by atoms with van der Waals surface area (Å²) in [5.41, 5.74) is 2.64. The Kier molecular flexibility index (Phi) is 4.63. The van der Waals surface area contributed by atoms with Crippen LogP contribution in [-0.2, 0) is 16.4 Å². The van der Waals surface area contributed by atoms with Gasteiger partial charge in [-0.15, -0.1) is 0 Å². The molecule has 1 amide bonds. The molecule has 22 heavy (non-hydrogen) atoms. The number of sulfonamides is 1. The number of anilines is 1. The Bertz CT molecular complexity index is 814. The summed E-state index contributed by atoms with van der Waals surface area (Å²) in [5.74, 6) is -0.366. The zero-order valence-electron chi connectivity index (χ0n) is 12.5. The second-order valence-electron chi connectivity index (χ2n) is 5.04. The summed E-state index contributed by atoms with van der Waals surface area (Å²) in [7, 11) is -3.85. The van der Waals surface area contributed by atoms with Crippen molar-refractivity contribution in [3.63, 3.8) is 0 Å². The molecule has 0 radical (unpaired) electrons. The van der Waals surface area contributed by atoms with Crippen molar-refractivity contribution in [1.29, 1.82) is 0 Å². The Morgan fingerprint density at radius 1 is 1.18 bits per heavy atom. The molecule has 0 aliphatic carbocycles. The summed E-state index contributed by atoms with van der Waals surface area (Å²) in [5, 5.41) is 7.94. The van der Waals surface area contributed by atoms with Crippen LogP contribution >= 0.6 is 0 Å². The summed E-state index contributed by atoms with van der Waals surface area (Å²) in [4.78, 5) is 12.3. The van der Waals surface area contributed by atoms with E-state index in [-0.39, 0.29) is 16.4 Å².